The number of nitrogens with one attached hydrogen (secondary N) is 1. The number of sulfonamides is 1. The molecule has 0 saturated heterocycles. The lowest BCUT2D eigenvalue weighted by Crippen LogP contribution is -2.41. The van der Waals surface area contributed by atoms with Crippen molar-refractivity contribution in [3.8, 4) is 0 Å². The maximum Gasteiger partial charge on any atom is 0.511 e. The maximum absolute atomic E-state index is 12.1. The lowest BCUT2D eigenvalue weighted by Gasteiger charge is -2.14. The van der Waals surface area contributed by atoms with Crippen LogP contribution < -0.4 is 4.72 Å². The van der Waals surface area contributed by atoms with Gasteiger partial charge in [-0.05, 0) is 6.42 Å². The molecule has 0 aliphatic heterocycles. The molecule has 30 heavy (non-hydrogen) atoms. The number of aliphatic hydroxyl groups excluding tert-OH is 1. The lowest BCUT2D eigenvalue weighted by atomic mass is 10.0. The Morgan fingerprint density at radius 3 is 1.77 bits per heavy atom. The molecule has 0 spiro atoms. The Bertz CT molecular complexity index is 541. The van der Waals surface area contributed by atoms with Gasteiger partial charge in [-0.2, -0.15) is 13.2 Å². The number of alkyl halides is 3. The second-order valence-electron chi connectivity index (χ2n) is 7.63. The first-order valence-electron chi connectivity index (χ1n) is 11.0. The maximum atomic E-state index is 12.1. The summed E-state index contributed by atoms with van der Waals surface area (Å²) in [6.07, 6.45) is 13.9. The number of aliphatic hydroxyl groups is 1. The average Bonchev–Trinajstić information content (AvgIpc) is 2.67. The summed E-state index contributed by atoms with van der Waals surface area (Å²) >= 11 is 0. The molecule has 0 aliphatic carbocycles. The van der Waals surface area contributed by atoms with Gasteiger partial charge < -0.3 is 9.84 Å². The molecule has 180 valence electrons. The van der Waals surface area contributed by atoms with Crippen molar-refractivity contribution in [2.75, 3.05) is 13.2 Å². The standard InChI is InChI=1S/C20H38F3NO5S/c1-2-3-4-5-6-7-8-9-10-11-12-13-14-15-19(26)29-17-18(25)16-24-30(27,28)20(21,22)23/h18,24-25H,2-17H2,1H3/t18-/m0/s1. The van der Waals surface area contributed by atoms with Crippen LogP contribution in [-0.4, -0.2) is 44.3 Å². The number of carbonyl (C=O) groups is 1. The summed E-state index contributed by atoms with van der Waals surface area (Å²) in [5.41, 5.74) is -5.45. The Balaban J connectivity index is 3.53. The highest BCUT2D eigenvalue weighted by Crippen LogP contribution is 2.21. The molecule has 0 fully saturated rings. The molecule has 0 aromatic carbocycles. The van der Waals surface area contributed by atoms with Gasteiger partial charge in [0.15, 0.2) is 0 Å². The molecule has 0 unspecified atom stereocenters. The zero-order valence-electron chi connectivity index (χ0n) is 18.0. The Hall–Kier alpha value is -0.870. The molecule has 10 heteroatoms. The number of hydrogen-bond acceptors (Lipinski definition) is 5. The number of halogens is 3. The quantitative estimate of drug-likeness (QED) is 0.213. The van der Waals surface area contributed by atoms with Gasteiger partial charge in [0.05, 0.1) is 0 Å². The van der Waals surface area contributed by atoms with Crippen LogP contribution in [0.4, 0.5) is 13.2 Å². The zero-order chi connectivity index (χ0) is 22.9. The topological polar surface area (TPSA) is 92.7 Å². The zero-order valence-corrected chi connectivity index (χ0v) is 18.8. The van der Waals surface area contributed by atoms with Crippen molar-refractivity contribution in [2.24, 2.45) is 0 Å². The van der Waals surface area contributed by atoms with Gasteiger partial charge in [0, 0.05) is 13.0 Å². The largest absolute Gasteiger partial charge is 0.511 e. The van der Waals surface area contributed by atoms with Gasteiger partial charge in [-0.1, -0.05) is 84.0 Å². The highest BCUT2D eigenvalue weighted by atomic mass is 32.2. The third kappa shape index (κ3) is 15.9. The first-order chi connectivity index (χ1) is 14.1. The van der Waals surface area contributed by atoms with E-state index in [9.17, 15) is 31.5 Å². The molecular weight excluding hydrogens is 423 g/mol. The molecule has 0 saturated carbocycles. The van der Waals surface area contributed by atoms with Gasteiger partial charge in [0.2, 0.25) is 0 Å². The van der Waals surface area contributed by atoms with Crippen molar-refractivity contribution in [3.05, 3.63) is 0 Å². The van der Waals surface area contributed by atoms with Crippen LogP contribution in [0.5, 0.6) is 0 Å². The molecule has 2 N–H and O–H groups in total. The van der Waals surface area contributed by atoms with Gasteiger partial charge in [-0.3, -0.25) is 4.79 Å². The smallest absolute Gasteiger partial charge is 0.463 e. The molecule has 1 atom stereocenters. The monoisotopic (exact) mass is 461 g/mol. The fraction of sp³-hybridized carbons (Fsp3) is 0.950. The predicted molar refractivity (Wildman–Crippen MR) is 110 cm³/mol. The Kier molecular flexibility index (Phi) is 16.3. The highest BCUT2D eigenvalue weighted by Gasteiger charge is 2.45. The Morgan fingerprint density at radius 1 is 0.900 bits per heavy atom. The normalized spacial score (nSPS) is 13.4. The minimum Gasteiger partial charge on any atom is -0.463 e. The van der Waals surface area contributed by atoms with Crippen LogP contribution in [-0.2, 0) is 19.6 Å². The summed E-state index contributed by atoms with van der Waals surface area (Å²) in [6.45, 7) is 0.777. The number of hydrogen-bond donors (Lipinski definition) is 2. The van der Waals surface area contributed by atoms with Crippen LogP contribution in [0.25, 0.3) is 0 Å². The third-order valence-corrected chi connectivity index (χ3v) is 5.89. The fourth-order valence-electron chi connectivity index (χ4n) is 2.90. The first kappa shape index (κ1) is 29.1. The molecule has 0 aromatic heterocycles. The van der Waals surface area contributed by atoms with Crippen LogP contribution in [0.15, 0.2) is 0 Å². The van der Waals surface area contributed by atoms with E-state index in [0.29, 0.717) is 6.42 Å². The number of carbonyl (C=O) groups excluding carboxylic acids is 1. The predicted octanol–water partition coefficient (Wildman–Crippen LogP) is 4.81. The lowest BCUT2D eigenvalue weighted by molar-refractivity contribution is -0.146. The molecule has 0 amide bonds. The molecule has 0 rings (SSSR count). The number of ether oxygens (including phenoxy) is 1. The summed E-state index contributed by atoms with van der Waals surface area (Å²) < 4.78 is 64.0. The van der Waals surface area contributed by atoms with E-state index >= 15 is 0 Å². The van der Waals surface area contributed by atoms with E-state index in [1.165, 1.54) is 62.5 Å². The highest BCUT2D eigenvalue weighted by molar-refractivity contribution is 7.90. The molecule has 0 radical (unpaired) electrons. The van der Waals surface area contributed by atoms with Crippen molar-refractivity contribution in [1.82, 2.24) is 4.72 Å². The molecular formula is C20H38F3NO5S. The summed E-state index contributed by atoms with van der Waals surface area (Å²) in [4.78, 5) is 11.6. The number of esters is 1. The Morgan fingerprint density at radius 2 is 1.33 bits per heavy atom. The van der Waals surface area contributed by atoms with E-state index in [2.05, 4.69) is 6.92 Å². The summed E-state index contributed by atoms with van der Waals surface area (Å²) in [5.74, 6) is -0.559. The average molecular weight is 462 g/mol. The van der Waals surface area contributed by atoms with Crippen LogP contribution in [0, 0.1) is 0 Å². The minimum absolute atomic E-state index is 0.165. The van der Waals surface area contributed by atoms with Crippen LogP contribution in [0.2, 0.25) is 0 Å². The molecule has 0 aliphatic rings. The number of unbranched alkanes of at least 4 members (excludes halogenated alkanes) is 12. The van der Waals surface area contributed by atoms with E-state index in [-0.39, 0.29) is 6.42 Å². The van der Waals surface area contributed by atoms with Crippen LogP contribution >= 0.6 is 0 Å². The van der Waals surface area contributed by atoms with Gasteiger partial charge >= 0.3 is 21.5 Å². The molecule has 0 aromatic rings. The SMILES string of the molecule is CCCCCCCCCCCCCCCC(=O)OC[C@@H](O)CNS(=O)(=O)C(F)(F)F. The second-order valence-corrected chi connectivity index (χ2v) is 9.39. The van der Waals surface area contributed by atoms with E-state index in [0.717, 1.165) is 19.3 Å². The van der Waals surface area contributed by atoms with Gasteiger partial charge in [-0.25, -0.2) is 13.1 Å². The van der Waals surface area contributed by atoms with Gasteiger partial charge in [0.1, 0.15) is 12.7 Å². The van der Waals surface area contributed by atoms with Crippen molar-refractivity contribution < 1.29 is 36.2 Å². The van der Waals surface area contributed by atoms with E-state index in [1.807, 2.05) is 0 Å². The minimum atomic E-state index is -5.52. The van der Waals surface area contributed by atoms with Gasteiger partial charge in [0.25, 0.3) is 0 Å². The second kappa shape index (κ2) is 16.8. The van der Waals surface area contributed by atoms with Crippen molar-refractivity contribution >= 4 is 16.0 Å². The number of rotatable bonds is 19. The molecule has 0 bridgehead atoms. The molecule has 0 heterocycles. The summed E-state index contributed by atoms with van der Waals surface area (Å²) in [5, 5.41) is 9.44. The Labute approximate surface area is 179 Å². The fourth-order valence-corrected chi connectivity index (χ4v) is 3.47. The summed E-state index contributed by atoms with van der Waals surface area (Å²) in [6, 6.07) is 0. The van der Waals surface area contributed by atoms with Crippen LogP contribution in [0.1, 0.15) is 96.8 Å². The van der Waals surface area contributed by atoms with Crippen molar-refractivity contribution in [2.45, 2.75) is 108 Å². The first-order valence-corrected chi connectivity index (χ1v) is 12.5. The molecule has 6 nitrogen and oxygen atoms in total. The van der Waals surface area contributed by atoms with Crippen molar-refractivity contribution in [1.29, 1.82) is 0 Å². The van der Waals surface area contributed by atoms with E-state index in [1.54, 1.807) is 0 Å². The van der Waals surface area contributed by atoms with Crippen LogP contribution in [0.3, 0.4) is 0 Å². The summed E-state index contributed by atoms with van der Waals surface area (Å²) in [7, 11) is -5.52. The van der Waals surface area contributed by atoms with Gasteiger partial charge in [-0.15, -0.1) is 0 Å². The van der Waals surface area contributed by atoms with Crippen molar-refractivity contribution in [3.63, 3.8) is 0 Å². The third-order valence-electron chi connectivity index (χ3n) is 4.73. The van der Waals surface area contributed by atoms with E-state index in [4.69, 9.17) is 4.74 Å². The van der Waals surface area contributed by atoms with E-state index < -0.39 is 40.8 Å².